The summed E-state index contributed by atoms with van der Waals surface area (Å²) in [6.07, 6.45) is 0. The molecule has 0 fully saturated rings. The van der Waals surface area contributed by atoms with Crippen LogP contribution in [0.5, 0.6) is 0 Å². The molecule has 5 heteroatoms. The molecule has 0 radical (unpaired) electrons. The first kappa shape index (κ1) is 10.7. The molecule has 0 aliphatic carbocycles. The molecule has 1 aromatic heterocycles. The van der Waals surface area contributed by atoms with Crippen molar-refractivity contribution in [3.05, 3.63) is 41.0 Å². The fourth-order valence-corrected chi connectivity index (χ4v) is 1.56. The molecule has 0 bridgehead atoms. The predicted molar refractivity (Wildman–Crippen MR) is 65.9 cm³/mol. The third-order valence-corrected chi connectivity index (χ3v) is 2.20. The number of aryl methyl sites for hydroxylation is 1. The smallest absolute Gasteiger partial charge is 0.223 e. The van der Waals surface area contributed by atoms with E-state index in [9.17, 15) is 0 Å². The molecule has 2 rings (SSSR count). The molecule has 82 valence electrons. The minimum absolute atomic E-state index is 0.155. The molecule has 0 amide bonds. The van der Waals surface area contributed by atoms with E-state index in [0.717, 1.165) is 11.3 Å². The standard InChI is InChI=1S/C11H11ClN4/c1-7-3-2-4-8(5-7)14-10-6-9(12)15-11(13)16-10/h2-6H,1H3,(H3,13,14,15,16). The highest BCUT2D eigenvalue weighted by Gasteiger charge is 2.00. The second-order valence-electron chi connectivity index (χ2n) is 3.43. The summed E-state index contributed by atoms with van der Waals surface area (Å²) < 4.78 is 0. The van der Waals surface area contributed by atoms with Gasteiger partial charge in [0.05, 0.1) is 0 Å². The molecule has 0 aliphatic rings. The van der Waals surface area contributed by atoms with Crippen LogP contribution in [-0.2, 0) is 0 Å². The Bertz CT molecular complexity index is 493. The van der Waals surface area contributed by atoms with E-state index >= 15 is 0 Å². The molecule has 1 heterocycles. The first-order chi connectivity index (χ1) is 7.63. The number of nitrogens with one attached hydrogen (secondary N) is 1. The fourth-order valence-electron chi connectivity index (χ4n) is 1.37. The molecule has 0 atom stereocenters. The first-order valence-corrected chi connectivity index (χ1v) is 5.15. The predicted octanol–water partition coefficient (Wildman–Crippen LogP) is 2.76. The van der Waals surface area contributed by atoms with Crippen molar-refractivity contribution in [2.45, 2.75) is 6.92 Å². The summed E-state index contributed by atoms with van der Waals surface area (Å²) in [7, 11) is 0. The van der Waals surface area contributed by atoms with Crippen molar-refractivity contribution in [2.75, 3.05) is 11.1 Å². The summed E-state index contributed by atoms with van der Waals surface area (Å²) in [6, 6.07) is 9.56. The monoisotopic (exact) mass is 234 g/mol. The van der Waals surface area contributed by atoms with E-state index in [2.05, 4.69) is 15.3 Å². The summed E-state index contributed by atoms with van der Waals surface area (Å²) in [4.78, 5) is 7.82. The number of benzene rings is 1. The molecular weight excluding hydrogens is 224 g/mol. The molecule has 0 spiro atoms. The summed E-state index contributed by atoms with van der Waals surface area (Å²) in [5.41, 5.74) is 7.60. The Labute approximate surface area is 98.5 Å². The molecule has 0 saturated heterocycles. The van der Waals surface area contributed by atoms with Crippen molar-refractivity contribution < 1.29 is 0 Å². The van der Waals surface area contributed by atoms with Crippen LogP contribution in [-0.4, -0.2) is 9.97 Å². The van der Waals surface area contributed by atoms with E-state index < -0.39 is 0 Å². The van der Waals surface area contributed by atoms with Gasteiger partial charge in [0.1, 0.15) is 11.0 Å². The highest BCUT2D eigenvalue weighted by molar-refractivity contribution is 6.29. The average molecular weight is 235 g/mol. The van der Waals surface area contributed by atoms with Crippen molar-refractivity contribution in [3.63, 3.8) is 0 Å². The topological polar surface area (TPSA) is 63.8 Å². The quantitative estimate of drug-likeness (QED) is 0.785. The summed E-state index contributed by atoms with van der Waals surface area (Å²) in [5.74, 6) is 0.741. The third-order valence-electron chi connectivity index (χ3n) is 2.00. The van der Waals surface area contributed by atoms with Crippen LogP contribution in [0.25, 0.3) is 0 Å². The molecule has 3 N–H and O–H groups in total. The second-order valence-corrected chi connectivity index (χ2v) is 3.82. The number of nitrogen functional groups attached to an aromatic ring is 1. The Hall–Kier alpha value is -1.81. The first-order valence-electron chi connectivity index (χ1n) is 4.77. The van der Waals surface area contributed by atoms with Crippen molar-refractivity contribution in [2.24, 2.45) is 0 Å². The molecule has 16 heavy (non-hydrogen) atoms. The zero-order valence-electron chi connectivity index (χ0n) is 8.74. The minimum atomic E-state index is 0.155. The van der Waals surface area contributed by atoms with Gasteiger partial charge in [0.15, 0.2) is 0 Å². The SMILES string of the molecule is Cc1cccc(Nc2cc(Cl)nc(N)n2)c1. The fraction of sp³-hybridized carbons (Fsp3) is 0.0909. The van der Waals surface area contributed by atoms with Gasteiger partial charge < -0.3 is 11.1 Å². The molecule has 0 unspecified atom stereocenters. The van der Waals surface area contributed by atoms with E-state index in [-0.39, 0.29) is 5.95 Å². The van der Waals surface area contributed by atoms with Crippen molar-refractivity contribution >= 4 is 29.1 Å². The Kier molecular flexibility index (Phi) is 2.92. The van der Waals surface area contributed by atoms with E-state index in [1.54, 1.807) is 6.07 Å². The summed E-state index contributed by atoms with van der Waals surface area (Å²) in [6.45, 7) is 2.02. The van der Waals surface area contributed by atoms with Crippen LogP contribution in [0, 0.1) is 6.92 Å². The van der Waals surface area contributed by atoms with E-state index in [1.165, 1.54) is 0 Å². The zero-order valence-corrected chi connectivity index (χ0v) is 9.49. The Morgan fingerprint density at radius 1 is 1.25 bits per heavy atom. The lowest BCUT2D eigenvalue weighted by molar-refractivity contribution is 1.18. The molecule has 2 aromatic rings. The number of nitrogens with zero attached hydrogens (tertiary/aromatic N) is 2. The van der Waals surface area contributed by atoms with Crippen LogP contribution in [0.4, 0.5) is 17.5 Å². The lowest BCUT2D eigenvalue weighted by Gasteiger charge is -2.06. The van der Waals surface area contributed by atoms with Crippen molar-refractivity contribution in [1.29, 1.82) is 0 Å². The zero-order chi connectivity index (χ0) is 11.5. The van der Waals surface area contributed by atoms with Gasteiger partial charge in [0.2, 0.25) is 5.95 Å². The normalized spacial score (nSPS) is 10.1. The third kappa shape index (κ3) is 2.61. The minimum Gasteiger partial charge on any atom is -0.368 e. The van der Waals surface area contributed by atoms with Gasteiger partial charge in [-0.2, -0.15) is 4.98 Å². The van der Waals surface area contributed by atoms with Crippen molar-refractivity contribution in [1.82, 2.24) is 9.97 Å². The molecule has 0 aliphatic heterocycles. The molecule has 4 nitrogen and oxygen atoms in total. The average Bonchev–Trinajstić information content (AvgIpc) is 2.15. The Morgan fingerprint density at radius 2 is 2.06 bits per heavy atom. The van der Waals surface area contributed by atoms with Crippen LogP contribution in [0.3, 0.4) is 0 Å². The second kappa shape index (κ2) is 4.37. The Balaban J connectivity index is 2.27. The highest BCUT2D eigenvalue weighted by Crippen LogP contribution is 2.18. The number of hydrogen-bond donors (Lipinski definition) is 2. The van der Waals surface area contributed by atoms with Gasteiger partial charge >= 0.3 is 0 Å². The van der Waals surface area contributed by atoms with E-state index in [4.69, 9.17) is 17.3 Å². The van der Waals surface area contributed by atoms with Crippen LogP contribution in [0.2, 0.25) is 5.15 Å². The number of nitrogens with two attached hydrogens (primary N) is 1. The molecule has 0 saturated carbocycles. The number of rotatable bonds is 2. The number of aromatic nitrogens is 2. The van der Waals surface area contributed by atoms with Gasteiger partial charge in [-0.25, -0.2) is 4.98 Å². The van der Waals surface area contributed by atoms with Crippen LogP contribution < -0.4 is 11.1 Å². The summed E-state index contributed by atoms with van der Waals surface area (Å²) >= 11 is 5.78. The van der Waals surface area contributed by atoms with Gasteiger partial charge in [-0.15, -0.1) is 0 Å². The molecular formula is C11H11ClN4. The maximum Gasteiger partial charge on any atom is 0.223 e. The van der Waals surface area contributed by atoms with E-state index in [1.807, 2.05) is 31.2 Å². The maximum absolute atomic E-state index is 5.78. The van der Waals surface area contributed by atoms with Gasteiger partial charge in [0, 0.05) is 11.8 Å². The van der Waals surface area contributed by atoms with Crippen LogP contribution in [0.1, 0.15) is 5.56 Å². The van der Waals surface area contributed by atoms with E-state index in [0.29, 0.717) is 11.0 Å². The van der Waals surface area contributed by atoms with Gasteiger partial charge in [0.25, 0.3) is 0 Å². The van der Waals surface area contributed by atoms with Crippen LogP contribution in [0.15, 0.2) is 30.3 Å². The van der Waals surface area contributed by atoms with Gasteiger partial charge in [-0.1, -0.05) is 23.7 Å². The lowest BCUT2D eigenvalue weighted by atomic mass is 10.2. The number of hydrogen-bond acceptors (Lipinski definition) is 4. The van der Waals surface area contributed by atoms with Gasteiger partial charge in [-0.05, 0) is 24.6 Å². The number of halogens is 1. The van der Waals surface area contributed by atoms with Crippen molar-refractivity contribution in [3.8, 4) is 0 Å². The Morgan fingerprint density at radius 3 is 2.75 bits per heavy atom. The lowest BCUT2D eigenvalue weighted by Crippen LogP contribution is -2.00. The summed E-state index contributed by atoms with van der Waals surface area (Å²) in [5, 5.41) is 3.43. The number of anilines is 3. The van der Waals surface area contributed by atoms with Crippen LogP contribution >= 0.6 is 11.6 Å². The molecule has 1 aromatic carbocycles. The highest BCUT2D eigenvalue weighted by atomic mass is 35.5. The van der Waals surface area contributed by atoms with Gasteiger partial charge in [-0.3, -0.25) is 0 Å². The maximum atomic E-state index is 5.78. The largest absolute Gasteiger partial charge is 0.368 e.